The quantitative estimate of drug-likeness (QED) is 0.893. The number of pyridine rings is 1. The monoisotopic (exact) mass is 347 g/mol. The molecule has 0 aromatic carbocycles. The van der Waals surface area contributed by atoms with Crippen LogP contribution in [-0.2, 0) is 23.0 Å². The van der Waals surface area contributed by atoms with Gasteiger partial charge in [-0.25, -0.2) is 9.97 Å². The number of rotatable bonds is 5. The summed E-state index contributed by atoms with van der Waals surface area (Å²) in [6, 6.07) is 3.52. The van der Waals surface area contributed by atoms with Crippen LogP contribution in [-0.4, -0.2) is 36.0 Å². The van der Waals surface area contributed by atoms with Crippen molar-refractivity contribution in [3.05, 3.63) is 30.4 Å². The number of sulfonamides is 1. The minimum atomic E-state index is -3.68. The van der Waals surface area contributed by atoms with Gasteiger partial charge in [0.2, 0.25) is 0 Å². The Balaban J connectivity index is 1.72. The number of aromatic nitrogens is 3. The predicted octanol–water partition coefficient (Wildman–Crippen LogP) is 1.87. The summed E-state index contributed by atoms with van der Waals surface area (Å²) in [5, 5.41) is 3.27. The van der Waals surface area contributed by atoms with Gasteiger partial charge in [-0.1, -0.05) is 6.92 Å². The van der Waals surface area contributed by atoms with Crippen LogP contribution in [0.1, 0.15) is 25.6 Å². The number of nitrogens with zero attached hydrogens (tertiary/aromatic N) is 4. The highest BCUT2D eigenvalue weighted by molar-refractivity contribution is 7.92. The van der Waals surface area contributed by atoms with Crippen molar-refractivity contribution in [2.24, 2.45) is 5.92 Å². The van der Waals surface area contributed by atoms with E-state index in [0.717, 1.165) is 18.8 Å². The molecule has 0 unspecified atom stereocenters. The molecule has 0 atom stereocenters. The van der Waals surface area contributed by atoms with E-state index in [2.05, 4.69) is 15.3 Å². The summed E-state index contributed by atoms with van der Waals surface area (Å²) in [6.07, 6.45) is 6.52. The summed E-state index contributed by atoms with van der Waals surface area (Å²) >= 11 is 0. The van der Waals surface area contributed by atoms with Gasteiger partial charge in [0.1, 0.15) is 5.82 Å². The van der Waals surface area contributed by atoms with E-state index in [0.29, 0.717) is 30.5 Å². The van der Waals surface area contributed by atoms with E-state index in [1.807, 2.05) is 11.5 Å². The highest BCUT2D eigenvalue weighted by Crippen LogP contribution is 2.33. The van der Waals surface area contributed by atoms with Gasteiger partial charge in [0, 0.05) is 31.9 Å². The smallest absolute Gasteiger partial charge is 0.283 e. The molecule has 1 fully saturated rings. The van der Waals surface area contributed by atoms with E-state index >= 15 is 0 Å². The average Bonchev–Trinajstić information content (AvgIpc) is 3.31. The summed E-state index contributed by atoms with van der Waals surface area (Å²) in [4.78, 5) is 8.64. The number of hydrogen-bond acceptors (Lipinski definition) is 5. The number of imidazole rings is 1. The summed E-state index contributed by atoms with van der Waals surface area (Å²) in [5.41, 5.74) is 0.582. The van der Waals surface area contributed by atoms with Gasteiger partial charge < -0.3 is 9.88 Å². The zero-order valence-electron chi connectivity index (χ0n) is 13.6. The molecular formula is C16H21N5O2S. The summed E-state index contributed by atoms with van der Waals surface area (Å²) in [7, 11) is -3.68. The fourth-order valence-corrected chi connectivity index (χ4v) is 4.51. The molecule has 1 aliphatic carbocycles. The molecule has 1 N–H and O–H groups in total. The highest BCUT2D eigenvalue weighted by Gasteiger charge is 2.32. The third-order valence-electron chi connectivity index (χ3n) is 4.52. The van der Waals surface area contributed by atoms with Crippen molar-refractivity contribution in [1.82, 2.24) is 14.5 Å². The molecule has 8 heteroatoms. The van der Waals surface area contributed by atoms with E-state index in [-0.39, 0.29) is 5.03 Å². The first-order valence-corrected chi connectivity index (χ1v) is 9.81. The third kappa shape index (κ3) is 2.64. The maximum atomic E-state index is 13.1. The number of hydrogen-bond donors (Lipinski definition) is 1. The Bertz CT molecular complexity index is 857. The van der Waals surface area contributed by atoms with Crippen molar-refractivity contribution in [2.45, 2.75) is 37.8 Å². The Morgan fingerprint density at radius 1 is 1.38 bits per heavy atom. The zero-order valence-corrected chi connectivity index (χ0v) is 14.5. The van der Waals surface area contributed by atoms with Crippen LogP contribution in [0.2, 0.25) is 0 Å². The summed E-state index contributed by atoms with van der Waals surface area (Å²) in [5.74, 6) is 2.10. The van der Waals surface area contributed by atoms with Crippen molar-refractivity contribution in [1.29, 1.82) is 0 Å². The number of aryl methyl sites for hydroxylation is 1. The molecule has 0 bridgehead atoms. The first-order valence-electron chi connectivity index (χ1n) is 8.37. The number of nitrogens with one attached hydrogen (secondary N) is 1. The lowest BCUT2D eigenvalue weighted by atomic mass is 10.3. The molecule has 1 aliphatic heterocycles. The molecule has 0 spiro atoms. The fraction of sp³-hybridized carbons (Fsp3) is 0.500. The van der Waals surface area contributed by atoms with Crippen molar-refractivity contribution in [3.8, 4) is 0 Å². The minimum absolute atomic E-state index is 0.136. The SMILES string of the molecule is CCc1nc(S(=O)(=O)N2CCNc3ncccc32)cn1CC1CC1. The normalized spacial score (nSPS) is 17.5. The highest BCUT2D eigenvalue weighted by atomic mass is 32.2. The second-order valence-electron chi connectivity index (χ2n) is 6.32. The number of fused-ring (bicyclic) bond motifs is 1. The Morgan fingerprint density at radius 3 is 2.96 bits per heavy atom. The lowest BCUT2D eigenvalue weighted by molar-refractivity contribution is 0.586. The maximum absolute atomic E-state index is 13.1. The van der Waals surface area contributed by atoms with Crippen molar-refractivity contribution in [3.63, 3.8) is 0 Å². The molecule has 2 aliphatic rings. The second-order valence-corrected chi connectivity index (χ2v) is 8.13. The first kappa shape index (κ1) is 15.4. The lowest BCUT2D eigenvalue weighted by Crippen LogP contribution is -2.39. The first-order chi connectivity index (χ1) is 11.6. The van der Waals surface area contributed by atoms with E-state index in [1.165, 1.54) is 17.1 Å². The molecule has 0 radical (unpaired) electrons. The molecule has 128 valence electrons. The van der Waals surface area contributed by atoms with Crippen LogP contribution in [0.25, 0.3) is 0 Å². The van der Waals surface area contributed by atoms with Crippen LogP contribution >= 0.6 is 0 Å². The predicted molar refractivity (Wildman–Crippen MR) is 91.6 cm³/mol. The summed E-state index contributed by atoms with van der Waals surface area (Å²) < 4.78 is 29.7. The van der Waals surface area contributed by atoms with Crippen LogP contribution in [0.3, 0.4) is 0 Å². The largest absolute Gasteiger partial charge is 0.367 e. The van der Waals surface area contributed by atoms with Crippen LogP contribution < -0.4 is 9.62 Å². The van der Waals surface area contributed by atoms with Gasteiger partial charge in [-0.05, 0) is 30.9 Å². The molecule has 0 saturated heterocycles. The van der Waals surface area contributed by atoms with Crippen molar-refractivity contribution < 1.29 is 8.42 Å². The Morgan fingerprint density at radius 2 is 2.21 bits per heavy atom. The van der Waals surface area contributed by atoms with Crippen LogP contribution in [0.15, 0.2) is 29.6 Å². The standard InChI is InChI=1S/C16H21N5O2S/c1-2-14-19-15(11-20(14)10-12-5-6-12)24(22,23)21-9-8-18-16-13(21)4-3-7-17-16/h3-4,7,11-12H,2,5-6,8-10H2,1H3,(H,17,18). The van der Waals surface area contributed by atoms with Gasteiger partial charge in [0.25, 0.3) is 10.0 Å². The van der Waals surface area contributed by atoms with Gasteiger partial charge in [0.15, 0.2) is 10.8 Å². The summed E-state index contributed by atoms with van der Waals surface area (Å²) in [6.45, 7) is 3.78. The minimum Gasteiger partial charge on any atom is -0.367 e. The van der Waals surface area contributed by atoms with E-state index in [4.69, 9.17) is 0 Å². The van der Waals surface area contributed by atoms with E-state index < -0.39 is 10.0 Å². The van der Waals surface area contributed by atoms with E-state index in [1.54, 1.807) is 24.5 Å². The van der Waals surface area contributed by atoms with Crippen LogP contribution in [0.4, 0.5) is 11.5 Å². The third-order valence-corrected chi connectivity index (χ3v) is 6.21. The molecule has 7 nitrogen and oxygen atoms in total. The fourth-order valence-electron chi connectivity index (χ4n) is 3.06. The molecular weight excluding hydrogens is 326 g/mol. The Hall–Kier alpha value is -2.09. The molecule has 0 amide bonds. The Labute approximate surface area is 141 Å². The molecule has 3 heterocycles. The van der Waals surface area contributed by atoms with Gasteiger partial charge in [-0.3, -0.25) is 4.31 Å². The molecule has 24 heavy (non-hydrogen) atoms. The van der Waals surface area contributed by atoms with Crippen molar-refractivity contribution >= 4 is 21.5 Å². The molecule has 2 aromatic heterocycles. The number of anilines is 2. The lowest BCUT2D eigenvalue weighted by Gasteiger charge is -2.29. The Kier molecular flexibility index (Phi) is 3.71. The van der Waals surface area contributed by atoms with Gasteiger partial charge in [-0.2, -0.15) is 8.42 Å². The van der Waals surface area contributed by atoms with Crippen LogP contribution in [0.5, 0.6) is 0 Å². The second kappa shape index (κ2) is 5.77. The van der Waals surface area contributed by atoms with Gasteiger partial charge in [-0.15, -0.1) is 0 Å². The molecule has 4 rings (SSSR count). The molecule has 2 aromatic rings. The average molecular weight is 347 g/mol. The van der Waals surface area contributed by atoms with Gasteiger partial charge >= 0.3 is 0 Å². The maximum Gasteiger partial charge on any atom is 0.283 e. The topological polar surface area (TPSA) is 80.1 Å². The van der Waals surface area contributed by atoms with E-state index in [9.17, 15) is 8.42 Å². The van der Waals surface area contributed by atoms with Gasteiger partial charge in [0.05, 0.1) is 12.2 Å². The zero-order chi connectivity index (χ0) is 16.7. The molecule has 1 saturated carbocycles. The van der Waals surface area contributed by atoms with Crippen molar-refractivity contribution in [2.75, 3.05) is 22.7 Å². The van der Waals surface area contributed by atoms with Crippen LogP contribution in [0, 0.1) is 5.92 Å².